The highest BCUT2D eigenvalue weighted by Gasteiger charge is 2.22. The molecule has 3 nitrogen and oxygen atoms in total. The molecule has 1 aliphatic heterocycles. The van der Waals surface area contributed by atoms with Crippen LogP contribution in [0.1, 0.15) is 12.0 Å². The summed E-state index contributed by atoms with van der Waals surface area (Å²) in [4.78, 5) is 11.8. The molecule has 1 aromatic carbocycles. The molecule has 0 spiro atoms. The minimum Gasteiger partial charge on any atom is -0.328 e. The van der Waals surface area contributed by atoms with Crippen LogP contribution in [0.3, 0.4) is 0 Å². The molecule has 1 aliphatic rings. The fourth-order valence-electron chi connectivity index (χ4n) is 1.48. The van der Waals surface area contributed by atoms with E-state index in [1.807, 2.05) is 30.3 Å². The summed E-state index contributed by atoms with van der Waals surface area (Å²) in [5.41, 5.74) is 1.15. The molecule has 0 aromatic heterocycles. The molecule has 0 aliphatic carbocycles. The monoisotopic (exact) mass is 282 g/mol. The molecule has 0 atom stereocenters. The molecular weight excluding hydrogens is 267 g/mol. The molecule has 0 amide bonds. The summed E-state index contributed by atoms with van der Waals surface area (Å²) in [6.45, 7) is 5.09. The van der Waals surface area contributed by atoms with Crippen molar-refractivity contribution in [3.8, 4) is 0 Å². The normalized spacial score (nSPS) is 15.8. The molecule has 0 N–H and O–H groups in total. The number of rotatable bonds is 5. The first-order chi connectivity index (χ1) is 8.75. The lowest BCUT2D eigenvalue weighted by Gasteiger charge is -2.09. The van der Waals surface area contributed by atoms with Gasteiger partial charge in [0.2, 0.25) is 8.38 Å². The molecule has 18 heavy (non-hydrogen) atoms. The lowest BCUT2D eigenvalue weighted by Crippen LogP contribution is -1.95. The Hall–Kier alpha value is -0.670. The summed E-state index contributed by atoms with van der Waals surface area (Å²) in [6.07, 6.45) is 0.337. The smallest absolute Gasteiger partial charge is 0.200 e. The van der Waals surface area contributed by atoms with Crippen molar-refractivity contribution in [2.24, 2.45) is 0 Å². The average Bonchev–Trinajstić information content (AvgIpc) is 2.91. The van der Waals surface area contributed by atoms with Crippen LogP contribution in [0, 0.1) is 0 Å². The third kappa shape index (κ3) is 4.21. The van der Waals surface area contributed by atoms with Crippen LogP contribution in [0.25, 0.3) is 0 Å². The third-order valence-corrected chi connectivity index (χ3v) is 4.80. The van der Waals surface area contributed by atoms with Gasteiger partial charge in [0, 0.05) is 17.5 Å². The molecule has 1 fully saturated rings. The average molecular weight is 282 g/mol. The van der Waals surface area contributed by atoms with Crippen LogP contribution in [-0.4, -0.2) is 18.3 Å². The van der Waals surface area contributed by atoms with Gasteiger partial charge in [0.05, 0.1) is 13.2 Å². The van der Waals surface area contributed by atoms with Crippen molar-refractivity contribution in [3.05, 3.63) is 47.8 Å². The first-order valence-electron chi connectivity index (χ1n) is 5.69. The summed E-state index contributed by atoms with van der Waals surface area (Å²) >= 11 is 1.32. The van der Waals surface area contributed by atoms with Crippen molar-refractivity contribution in [2.75, 3.05) is 13.2 Å². The Balaban J connectivity index is 1.73. The highest BCUT2D eigenvalue weighted by atomic mass is 32.2. The van der Waals surface area contributed by atoms with Gasteiger partial charge in [-0.25, -0.2) is 0 Å². The third-order valence-electron chi connectivity index (χ3n) is 2.35. The Morgan fingerprint density at radius 3 is 2.61 bits per heavy atom. The van der Waals surface area contributed by atoms with E-state index in [1.54, 1.807) is 0 Å². The van der Waals surface area contributed by atoms with Crippen LogP contribution in [-0.2, 0) is 19.6 Å². The van der Waals surface area contributed by atoms with E-state index >= 15 is 0 Å². The number of carbonyl (C=O) groups is 1. The fraction of sp³-hybridized carbons (Fsp3) is 0.308. The van der Waals surface area contributed by atoms with Crippen LogP contribution in [0.15, 0.2) is 42.2 Å². The first-order valence-corrected chi connectivity index (χ1v) is 7.85. The number of thioether (sulfide) groups is 1. The Morgan fingerprint density at radius 1 is 1.28 bits per heavy atom. The van der Waals surface area contributed by atoms with E-state index in [9.17, 15) is 4.79 Å². The van der Waals surface area contributed by atoms with E-state index in [2.05, 4.69) is 6.58 Å². The number of hydrogen-bond donors (Lipinski definition) is 0. The molecule has 96 valence electrons. The van der Waals surface area contributed by atoms with Crippen molar-refractivity contribution in [3.63, 3.8) is 0 Å². The fourth-order valence-corrected chi connectivity index (χ4v) is 3.58. The maximum atomic E-state index is 11.8. The zero-order chi connectivity index (χ0) is 12.8. The molecule has 0 radical (unpaired) electrons. The number of carbonyl (C=O) groups excluding carboxylic acids is 1. The second-order valence-corrected chi connectivity index (χ2v) is 6.51. The van der Waals surface area contributed by atoms with E-state index in [4.69, 9.17) is 9.05 Å². The van der Waals surface area contributed by atoms with Crippen molar-refractivity contribution in [2.45, 2.75) is 12.2 Å². The second-order valence-electron chi connectivity index (χ2n) is 3.81. The maximum Gasteiger partial charge on any atom is 0.200 e. The molecule has 0 bridgehead atoms. The summed E-state index contributed by atoms with van der Waals surface area (Å²) in [5.74, 6) is 0.701. The van der Waals surface area contributed by atoms with Gasteiger partial charge < -0.3 is 9.05 Å². The van der Waals surface area contributed by atoms with Crippen molar-refractivity contribution in [1.29, 1.82) is 0 Å². The second kappa shape index (κ2) is 7.05. The molecule has 0 unspecified atom stereocenters. The van der Waals surface area contributed by atoms with Gasteiger partial charge >= 0.3 is 0 Å². The molecule has 5 heteroatoms. The largest absolute Gasteiger partial charge is 0.328 e. The molecule has 1 saturated heterocycles. The standard InChI is InChI=1S/C13H15O3PS/c1-11(17-15-7-8-16-17)9-13(14)18-10-12-5-3-2-4-6-12/h2-6H,1,7-10H2. The molecular formula is C13H15O3PS. The van der Waals surface area contributed by atoms with Gasteiger partial charge in [-0.15, -0.1) is 0 Å². The van der Waals surface area contributed by atoms with E-state index in [0.717, 1.165) is 10.9 Å². The van der Waals surface area contributed by atoms with Crippen LogP contribution < -0.4 is 0 Å². The highest BCUT2D eigenvalue weighted by Crippen LogP contribution is 2.51. The summed E-state index contributed by atoms with van der Waals surface area (Å²) in [5, 5.41) is 0.888. The zero-order valence-corrected chi connectivity index (χ0v) is 11.7. The molecule has 1 aromatic rings. The molecule has 0 saturated carbocycles. The predicted octanol–water partition coefficient (Wildman–Crippen LogP) is 3.71. The minimum atomic E-state index is -1.03. The van der Waals surface area contributed by atoms with Gasteiger partial charge in [-0.1, -0.05) is 48.7 Å². The van der Waals surface area contributed by atoms with Crippen LogP contribution >= 0.6 is 20.1 Å². The lowest BCUT2D eigenvalue weighted by molar-refractivity contribution is -0.110. The van der Waals surface area contributed by atoms with E-state index < -0.39 is 8.38 Å². The van der Waals surface area contributed by atoms with Gasteiger partial charge in [-0.3, -0.25) is 4.79 Å². The Bertz CT molecular complexity index is 416. The number of benzene rings is 1. The van der Waals surface area contributed by atoms with Gasteiger partial charge in [0.1, 0.15) is 0 Å². The Labute approximate surface area is 112 Å². The number of allylic oxidation sites excluding steroid dienone is 1. The van der Waals surface area contributed by atoms with Gasteiger partial charge in [0.25, 0.3) is 0 Å². The van der Waals surface area contributed by atoms with E-state index in [0.29, 0.717) is 25.4 Å². The lowest BCUT2D eigenvalue weighted by atomic mass is 10.2. The minimum absolute atomic E-state index is 0.116. The van der Waals surface area contributed by atoms with Gasteiger partial charge in [-0.05, 0) is 5.56 Å². The van der Waals surface area contributed by atoms with Crippen molar-refractivity contribution >= 4 is 25.3 Å². The highest BCUT2D eigenvalue weighted by molar-refractivity contribution is 8.13. The molecule has 1 heterocycles. The van der Waals surface area contributed by atoms with E-state index in [-0.39, 0.29) is 5.12 Å². The van der Waals surface area contributed by atoms with Crippen molar-refractivity contribution in [1.82, 2.24) is 0 Å². The Kier molecular flexibility index (Phi) is 5.39. The number of hydrogen-bond acceptors (Lipinski definition) is 4. The van der Waals surface area contributed by atoms with Crippen LogP contribution in [0.4, 0.5) is 0 Å². The van der Waals surface area contributed by atoms with Gasteiger partial charge in [0.15, 0.2) is 5.12 Å². The van der Waals surface area contributed by atoms with Crippen molar-refractivity contribution < 1.29 is 13.8 Å². The first kappa shape index (κ1) is 13.8. The predicted molar refractivity (Wildman–Crippen MR) is 75.3 cm³/mol. The summed E-state index contributed by atoms with van der Waals surface area (Å²) < 4.78 is 10.7. The summed E-state index contributed by atoms with van der Waals surface area (Å²) in [6, 6.07) is 9.95. The SMILES string of the molecule is C=C(CC(=O)SCc1ccccc1)P1OCCO1. The Morgan fingerprint density at radius 2 is 1.94 bits per heavy atom. The zero-order valence-electron chi connectivity index (χ0n) is 10.0. The summed E-state index contributed by atoms with van der Waals surface area (Å²) in [7, 11) is -1.03. The van der Waals surface area contributed by atoms with Gasteiger partial charge in [-0.2, -0.15) is 0 Å². The maximum absolute atomic E-state index is 11.8. The quantitative estimate of drug-likeness (QED) is 0.771. The topological polar surface area (TPSA) is 35.5 Å². The van der Waals surface area contributed by atoms with E-state index in [1.165, 1.54) is 11.8 Å². The van der Waals surface area contributed by atoms with Crippen LogP contribution in [0.5, 0.6) is 0 Å². The molecule has 2 rings (SSSR count). The van der Waals surface area contributed by atoms with Crippen LogP contribution in [0.2, 0.25) is 0 Å².